The zero-order chi connectivity index (χ0) is 17.9. The Labute approximate surface area is 163 Å². The number of hydrogen-bond acceptors (Lipinski definition) is 5. The van der Waals surface area contributed by atoms with Crippen LogP contribution in [-0.4, -0.2) is 41.7 Å². The highest BCUT2D eigenvalue weighted by Gasteiger charge is 2.23. The van der Waals surface area contributed by atoms with E-state index in [9.17, 15) is 0 Å². The van der Waals surface area contributed by atoms with Crippen LogP contribution in [0.5, 0.6) is 5.88 Å². The zero-order valence-electron chi connectivity index (χ0n) is 15.3. The van der Waals surface area contributed by atoms with Gasteiger partial charge >= 0.3 is 0 Å². The first-order chi connectivity index (χ1) is 12.8. The number of rotatable bonds is 6. The lowest BCUT2D eigenvalue weighted by Gasteiger charge is -2.18. The molecule has 0 N–H and O–H groups in total. The summed E-state index contributed by atoms with van der Waals surface area (Å²) in [6.45, 7) is 4.64. The second kappa shape index (κ2) is 7.99. The normalized spacial score (nSPS) is 16.2. The van der Waals surface area contributed by atoms with Crippen molar-refractivity contribution in [3.8, 4) is 5.88 Å². The minimum absolute atomic E-state index is 0.262. The van der Waals surface area contributed by atoms with Gasteiger partial charge < -0.3 is 4.74 Å². The van der Waals surface area contributed by atoms with Crippen LogP contribution >= 0.6 is 23.1 Å². The number of pyridine rings is 1. The molecule has 1 aliphatic rings. The summed E-state index contributed by atoms with van der Waals surface area (Å²) >= 11 is 3.99. The first-order valence-corrected chi connectivity index (χ1v) is 11.0. The van der Waals surface area contributed by atoms with Gasteiger partial charge in [0.15, 0.2) is 0 Å². The van der Waals surface area contributed by atoms with Crippen molar-refractivity contribution in [2.45, 2.75) is 19.3 Å². The lowest BCUT2D eigenvalue weighted by atomic mass is 9.90. The van der Waals surface area contributed by atoms with Gasteiger partial charge in [0, 0.05) is 52.0 Å². The number of benzene rings is 1. The summed E-state index contributed by atoms with van der Waals surface area (Å²) in [5.74, 6) is 3.43. The van der Waals surface area contributed by atoms with Crippen LogP contribution in [0.3, 0.4) is 0 Å². The molecule has 5 heteroatoms. The third-order valence-corrected chi connectivity index (χ3v) is 7.35. The van der Waals surface area contributed by atoms with Gasteiger partial charge in [-0.25, -0.2) is 4.98 Å². The lowest BCUT2D eigenvalue weighted by Crippen LogP contribution is -2.22. The van der Waals surface area contributed by atoms with Crippen LogP contribution in [0, 0.1) is 0 Å². The van der Waals surface area contributed by atoms with Crippen molar-refractivity contribution >= 4 is 33.2 Å². The number of thiophene rings is 1. The molecule has 1 aromatic carbocycles. The molecule has 0 radical (unpaired) electrons. The highest BCUT2D eigenvalue weighted by molar-refractivity contribution is 7.99. The number of aromatic nitrogens is 1. The quantitative estimate of drug-likeness (QED) is 0.597. The van der Waals surface area contributed by atoms with Gasteiger partial charge in [-0.15, -0.1) is 23.1 Å². The predicted octanol–water partition coefficient (Wildman–Crippen LogP) is 5.01. The van der Waals surface area contributed by atoms with Gasteiger partial charge in [-0.3, -0.25) is 4.90 Å². The molecule has 26 heavy (non-hydrogen) atoms. The number of thioether (sulfide) groups is 1. The summed E-state index contributed by atoms with van der Waals surface area (Å²) < 4.78 is 6.92. The molecular formula is C21H24N2OS2. The predicted molar refractivity (Wildman–Crippen MR) is 113 cm³/mol. The maximum Gasteiger partial charge on any atom is 0.216 e. The first kappa shape index (κ1) is 17.8. The SMILES string of the molecule is COc1ncccc1[C@H](C)c1c(CCN2CCSC2)sc2ccccc12. The molecule has 136 valence electrons. The maximum absolute atomic E-state index is 5.54. The summed E-state index contributed by atoms with van der Waals surface area (Å²) in [6.07, 6.45) is 2.91. The van der Waals surface area contributed by atoms with Crippen LogP contribution in [0.25, 0.3) is 10.1 Å². The third kappa shape index (κ3) is 3.48. The molecule has 3 heterocycles. The topological polar surface area (TPSA) is 25.4 Å². The summed E-state index contributed by atoms with van der Waals surface area (Å²) in [6, 6.07) is 12.9. The van der Waals surface area contributed by atoms with Crippen LogP contribution in [0.15, 0.2) is 42.6 Å². The fourth-order valence-corrected chi connectivity index (χ4v) is 6.05. The van der Waals surface area contributed by atoms with Crippen molar-refractivity contribution in [1.29, 1.82) is 0 Å². The van der Waals surface area contributed by atoms with Crippen LogP contribution < -0.4 is 4.74 Å². The molecule has 4 rings (SSSR count). The van der Waals surface area contributed by atoms with E-state index >= 15 is 0 Å². The number of nitrogens with zero attached hydrogens (tertiary/aromatic N) is 2. The standard InChI is InChI=1S/C21H24N2OS2/c1-15(16-7-5-10-22-21(16)24-2)20-17-6-3-4-8-18(17)26-19(20)9-11-23-12-13-25-14-23/h3-8,10,15H,9,11-14H2,1-2H3/t15-/m0/s1. The molecule has 3 nitrogen and oxygen atoms in total. The molecule has 0 saturated carbocycles. The second-order valence-electron chi connectivity index (χ2n) is 6.66. The molecule has 1 fully saturated rings. The van der Waals surface area contributed by atoms with Crippen LogP contribution in [0.4, 0.5) is 0 Å². The molecule has 1 aliphatic heterocycles. The van der Waals surface area contributed by atoms with Crippen LogP contribution in [0.1, 0.15) is 28.8 Å². The molecule has 0 amide bonds. The van der Waals surface area contributed by atoms with Crippen LogP contribution in [0.2, 0.25) is 0 Å². The van der Waals surface area contributed by atoms with Gasteiger partial charge in [0.1, 0.15) is 0 Å². The fraction of sp³-hybridized carbons (Fsp3) is 0.381. The molecule has 1 atom stereocenters. The molecule has 0 spiro atoms. The molecule has 0 aliphatic carbocycles. The van der Waals surface area contributed by atoms with Crippen LogP contribution in [-0.2, 0) is 6.42 Å². The average molecular weight is 385 g/mol. The summed E-state index contributed by atoms with van der Waals surface area (Å²) in [4.78, 5) is 8.48. The van der Waals surface area contributed by atoms with Crippen molar-refractivity contribution in [3.05, 3.63) is 58.6 Å². The molecule has 3 aromatic rings. The minimum Gasteiger partial charge on any atom is -0.481 e. The van der Waals surface area contributed by atoms with Gasteiger partial charge in [-0.2, -0.15) is 0 Å². The smallest absolute Gasteiger partial charge is 0.216 e. The van der Waals surface area contributed by atoms with E-state index < -0.39 is 0 Å². The van der Waals surface area contributed by atoms with Crippen molar-refractivity contribution in [2.24, 2.45) is 0 Å². The number of hydrogen-bond donors (Lipinski definition) is 0. The Morgan fingerprint density at radius 3 is 2.92 bits per heavy atom. The Morgan fingerprint density at radius 2 is 2.12 bits per heavy atom. The fourth-order valence-electron chi connectivity index (χ4n) is 3.72. The molecule has 2 aromatic heterocycles. The van der Waals surface area contributed by atoms with Crippen molar-refractivity contribution in [3.63, 3.8) is 0 Å². The number of fused-ring (bicyclic) bond motifs is 1. The Kier molecular flexibility index (Phi) is 5.48. The zero-order valence-corrected chi connectivity index (χ0v) is 16.9. The van der Waals surface area contributed by atoms with Crippen molar-refractivity contribution < 1.29 is 4.74 Å². The first-order valence-electron chi connectivity index (χ1n) is 9.07. The Morgan fingerprint density at radius 1 is 1.23 bits per heavy atom. The third-order valence-electron chi connectivity index (χ3n) is 5.09. The number of ether oxygens (including phenoxy) is 1. The van der Waals surface area contributed by atoms with E-state index in [4.69, 9.17) is 4.74 Å². The summed E-state index contributed by atoms with van der Waals surface area (Å²) in [5.41, 5.74) is 2.61. The summed E-state index contributed by atoms with van der Waals surface area (Å²) in [5, 5.41) is 1.38. The van der Waals surface area contributed by atoms with Gasteiger partial charge in [-0.05, 0) is 29.5 Å². The minimum atomic E-state index is 0.262. The van der Waals surface area contributed by atoms with E-state index in [-0.39, 0.29) is 5.92 Å². The molecule has 0 bridgehead atoms. The van der Waals surface area contributed by atoms with E-state index in [1.807, 2.05) is 29.2 Å². The van der Waals surface area contributed by atoms with Gasteiger partial charge in [0.05, 0.1) is 7.11 Å². The van der Waals surface area contributed by atoms with Gasteiger partial charge in [0.2, 0.25) is 5.88 Å². The Bertz CT molecular complexity index is 887. The molecule has 0 unspecified atom stereocenters. The van der Waals surface area contributed by atoms with Gasteiger partial charge in [-0.1, -0.05) is 31.2 Å². The van der Waals surface area contributed by atoms with E-state index in [2.05, 4.69) is 47.1 Å². The van der Waals surface area contributed by atoms with E-state index in [1.165, 1.54) is 38.7 Å². The lowest BCUT2D eigenvalue weighted by molar-refractivity contribution is 0.361. The van der Waals surface area contributed by atoms with E-state index in [0.717, 1.165) is 24.4 Å². The number of methoxy groups -OCH3 is 1. The summed E-state index contributed by atoms with van der Waals surface area (Å²) in [7, 11) is 1.70. The second-order valence-corrected chi connectivity index (χ2v) is 8.88. The largest absolute Gasteiger partial charge is 0.481 e. The molecule has 1 saturated heterocycles. The maximum atomic E-state index is 5.54. The van der Waals surface area contributed by atoms with Gasteiger partial charge in [0.25, 0.3) is 0 Å². The highest BCUT2D eigenvalue weighted by atomic mass is 32.2. The monoisotopic (exact) mass is 384 g/mol. The highest BCUT2D eigenvalue weighted by Crippen LogP contribution is 2.41. The average Bonchev–Trinajstić information content (AvgIpc) is 3.33. The van der Waals surface area contributed by atoms with Crippen molar-refractivity contribution in [1.82, 2.24) is 9.88 Å². The van der Waals surface area contributed by atoms with E-state index in [0.29, 0.717) is 0 Å². The molecular weight excluding hydrogens is 360 g/mol. The van der Waals surface area contributed by atoms with Crippen molar-refractivity contribution in [2.75, 3.05) is 31.8 Å². The van der Waals surface area contributed by atoms with E-state index in [1.54, 1.807) is 13.3 Å². The Hall–Kier alpha value is -1.56. The Balaban J connectivity index is 1.72.